The highest BCUT2D eigenvalue weighted by atomic mass is 32.2. The first-order chi connectivity index (χ1) is 7.02. The number of hydrogen-bond donors (Lipinski definition) is 1. The third kappa shape index (κ3) is 1.69. The largest absolute Gasteiger partial charge is 0.383 e. The number of fused-ring (bicyclic) bond motifs is 1. The number of hydrogen-bond acceptors (Lipinski definition) is 3. The summed E-state index contributed by atoms with van der Waals surface area (Å²) in [5.41, 5.74) is -0.200. The number of halogens is 2. The van der Waals surface area contributed by atoms with Crippen molar-refractivity contribution in [2.24, 2.45) is 0 Å². The Balaban J connectivity index is 2.67. The van der Waals surface area contributed by atoms with Gasteiger partial charge in [0.2, 0.25) is 0 Å². The molecule has 6 heteroatoms. The maximum absolute atomic E-state index is 12.6. The SMILES string of the molecule is O=S1(=O)CCNc2c(C(F)F)cccc21. The molecule has 2 rings (SSSR count). The fourth-order valence-corrected chi connectivity index (χ4v) is 2.98. The lowest BCUT2D eigenvalue weighted by molar-refractivity contribution is 0.152. The molecular formula is C9H9F2NO2S. The molecule has 0 saturated carbocycles. The second kappa shape index (κ2) is 3.44. The molecule has 15 heavy (non-hydrogen) atoms. The highest BCUT2D eigenvalue weighted by molar-refractivity contribution is 7.91. The summed E-state index contributed by atoms with van der Waals surface area (Å²) in [6, 6.07) is 3.92. The molecule has 0 saturated heterocycles. The van der Waals surface area contributed by atoms with E-state index >= 15 is 0 Å². The number of alkyl halides is 2. The molecule has 1 aliphatic heterocycles. The number of sulfone groups is 1. The standard InChI is InChI=1S/C9H9F2NO2S/c10-9(11)6-2-1-3-7-8(6)12-4-5-15(7,13)14/h1-3,9,12H,4-5H2. The molecule has 3 nitrogen and oxygen atoms in total. The molecule has 1 N–H and O–H groups in total. The summed E-state index contributed by atoms with van der Waals surface area (Å²) >= 11 is 0. The monoisotopic (exact) mass is 233 g/mol. The number of anilines is 1. The van der Waals surface area contributed by atoms with Crippen LogP contribution in [0.2, 0.25) is 0 Å². The second-order valence-electron chi connectivity index (χ2n) is 3.27. The van der Waals surface area contributed by atoms with Crippen LogP contribution in [0.4, 0.5) is 14.5 Å². The predicted octanol–water partition coefficient (Wildman–Crippen LogP) is 1.82. The molecule has 1 aromatic rings. The number of rotatable bonds is 1. The molecule has 0 aliphatic carbocycles. The van der Waals surface area contributed by atoms with Crippen LogP contribution in [0.15, 0.2) is 23.1 Å². The Kier molecular flexibility index (Phi) is 2.38. The van der Waals surface area contributed by atoms with Crippen molar-refractivity contribution in [3.8, 4) is 0 Å². The Bertz CT molecular complexity index is 485. The van der Waals surface area contributed by atoms with Crippen LogP contribution in [0.1, 0.15) is 12.0 Å². The van der Waals surface area contributed by atoms with Crippen LogP contribution in [0.3, 0.4) is 0 Å². The van der Waals surface area contributed by atoms with Gasteiger partial charge in [0.15, 0.2) is 9.84 Å². The molecule has 1 heterocycles. The number of benzene rings is 1. The molecule has 0 fully saturated rings. The van der Waals surface area contributed by atoms with Crippen LogP contribution in [-0.4, -0.2) is 20.7 Å². The van der Waals surface area contributed by atoms with Crippen molar-refractivity contribution in [1.29, 1.82) is 0 Å². The fourth-order valence-electron chi connectivity index (χ4n) is 1.60. The summed E-state index contributed by atoms with van der Waals surface area (Å²) in [5.74, 6) is -0.0489. The van der Waals surface area contributed by atoms with Crippen LogP contribution >= 0.6 is 0 Å². The molecule has 0 atom stereocenters. The molecule has 0 radical (unpaired) electrons. The van der Waals surface area contributed by atoms with Crippen molar-refractivity contribution in [2.45, 2.75) is 11.3 Å². The van der Waals surface area contributed by atoms with E-state index in [1.807, 2.05) is 0 Å². The molecule has 1 aliphatic rings. The zero-order chi connectivity index (χ0) is 11.1. The van der Waals surface area contributed by atoms with Crippen molar-refractivity contribution in [3.63, 3.8) is 0 Å². The quantitative estimate of drug-likeness (QED) is 0.804. The molecule has 0 unspecified atom stereocenters. The molecule has 82 valence electrons. The molecule has 0 bridgehead atoms. The van der Waals surface area contributed by atoms with Gasteiger partial charge in [-0.05, 0) is 6.07 Å². The van der Waals surface area contributed by atoms with E-state index in [0.717, 1.165) is 0 Å². The second-order valence-corrected chi connectivity index (χ2v) is 5.34. The van der Waals surface area contributed by atoms with Gasteiger partial charge in [0, 0.05) is 12.1 Å². The van der Waals surface area contributed by atoms with Crippen molar-refractivity contribution in [2.75, 3.05) is 17.6 Å². The van der Waals surface area contributed by atoms with Crippen LogP contribution in [-0.2, 0) is 9.84 Å². The number of nitrogens with one attached hydrogen (secondary N) is 1. The zero-order valence-electron chi connectivity index (χ0n) is 7.70. The van der Waals surface area contributed by atoms with Gasteiger partial charge in [-0.25, -0.2) is 17.2 Å². The lowest BCUT2D eigenvalue weighted by atomic mass is 10.2. The van der Waals surface area contributed by atoms with E-state index in [1.165, 1.54) is 18.2 Å². The maximum atomic E-state index is 12.6. The first-order valence-corrected chi connectivity index (χ1v) is 6.05. The minimum Gasteiger partial charge on any atom is -0.383 e. The summed E-state index contributed by atoms with van der Waals surface area (Å²) in [7, 11) is -3.39. The Morgan fingerprint density at radius 1 is 1.33 bits per heavy atom. The number of para-hydroxylation sites is 1. The minimum atomic E-state index is -3.39. The normalized spacial score (nSPS) is 18.3. The summed E-state index contributed by atoms with van der Waals surface area (Å²) in [6.07, 6.45) is -2.67. The summed E-state index contributed by atoms with van der Waals surface area (Å²) in [6.45, 7) is 0.180. The van der Waals surface area contributed by atoms with Crippen molar-refractivity contribution in [1.82, 2.24) is 0 Å². The van der Waals surface area contributed by atoms with Crippen LogP contribution in [0.5, 0.6) is 0 Å². The van der Waals surface area contributed by atoms with E-state index in [4.69, 9.17) is 0 Å². The van der Waals surface area contributed by atoms with Gasteiger partial charge >= 0.3 is 0 Å². The highest BCUT2D eigenvalue weighted by Gasteiger charge is 2.27. The Hall–Kier alpha value is -1.17. The van der Waals surface area contributed by atoms with Gasteiger partial charge in [-0.1, -0.05) is 12.1 Å². The average molecular weight is 233 g/mol. The lowest BCUT2D eigenvalue weighted by Crippen LogP contribution is -2.24. The van der Waals surface area contributed by atoms with Gasteiger partial charge in [0.05, 0.1) is 16.3 Å². The summed E-state index contributed by atoms with van der Waals surface area (Å²) < 4.78 is 48.3. The van der Waals surface area contributed by atoms with Crippen LogP contribution < -0.4 is 5.32 Å². The van der Waals surface area contributed by atoms with Crippen LogP contribution in [0, 0.1) is 0 Å². The van der Waals surface area contributed by atoms with Gasteiger partial charge < -0.3 is 5.32 Å². The Morgan fingerprint density at radius 3 is 2.73 bits per heavy atom. The predicted molar refractivity (Wildman–Crippen MR) is 51.9 cm³/mol. The maximum Gasteiger partial charge on any atom is 0.265 e. The van der Waals surface area contributed by atoms with Gasteiger partial charge in [0.1, 0.15) is 0 Å². The fraction of sp³-hybridized carbons (Fsp3) is 0.333. The first-order valence-electron chi connectivity index (χ1n) is 4.40. The van der Waals surface area contributed by atoms with E-state index in [9.17, 15) is 17.2 Å². The third-order valence-electron chi connectivity index (χ3n) is 2.30. The molecule has 0 aromatic heterocycles. The van der Waals surface area contributed by atoms with E-state index in [2.05, 4.69) is 5.32 Å². The third-order valence-corrected chi connectivity index (χ3v) is 4.05. The Labute approximate surface area is 86.0 Å². The smallest absolute Gasteiger partial charge is 0.265 e. The van der Waals surface area contributed by atoms with E-state index in [1.54, 1.807) is 0 Å². The van der Waals surface area contributed by atoms with Crippen LogP contribution in [0.25, 0.3) is 0 Å². The molecule has 1 aromatic carbocycles. The van der Waals surface area contributed by atoms with E-state index < -0.39 is 16.3 Å². The van der Waals surface area contributed by atoms with Gasteiger partial charge in [-0.3, -0.25) is 0 Å². The topological polar surface area (TPSA) is 46.2 Å². The van der Waals surface area contributed by atoms with Gasteiger partial charge in [-0.2, -0.15) is 0 Å². The first kappa shape index (κ1) is 10.4. The molecular weight excluding hydrogens is 224 g/mol. The molecule has 0 amide bonds. The summed E-state index contributed by atoms with van der Waals surface area (Å²) in [4.78, 5) is -0.0217. The molecule has 0 spiro atoms. The van der Waals surface area contributed by atoms with Crippen molar-refractivity contribution < 1.29 is 17.2 Å². The van der Waals surface area contributed by atoms with Crippen molar-refractivity contribution >= 4 is 15.5 Å². The zero-order valence-corrected chi connectivity index (χ0v) is 8.52. The minimum absolute atomic E-state index is 0.0217. The van der Waals surface area contributed by atoms with Gasteiger partial charge in [-0.15, -0.1) is 0 Å². The average Bonchev–Trinajstić information content (AvgIpc) is 2.16. The van der Waals surface area contributed by atoms with Gasteiger partial charge in [0.25, 0.3) is 6.43 Å². The van der Waals surface area contributed by atoms with E-state index in [-0.39, 0.29) is 28.4 Å². The van der Waals surface area contributed by atoms with Crippen molar-refractivity contribution in [3.05, 3.63) is 23.8 Å². The summed E-state index contributed by atoms with van der Waals surface area (Å²) in [5, 5.41) is 2.71. The highest BCUT2D eigenvalue weighted by Crippen LogP contribution is 2.34. The van der Waals surface area contributed by atoms with E-state index in [0.29, 0.717) is 0 Å². The Morgan fingerprint density at radius 2 is 2.07 bits per heavy atom. The lowest BCUT2D eigenvalue weighted by Gasteiger charge is -2.20.